The topological polar surface area (TPSA) is 61.4 Å². The van der Waals surface area contributed by atoms with E-state index < -0.39 is 0 Å². The average Bonchev–Trinajstić information content (AvgIpc) is 3.18. The monoisotopic (exact) mass is 411 g/mol. The number of urea groups is 1. The van der Waals surface area contributed by atoms with E-state index in [1.807, 2.05) is 36.4 Å². The van der Waals surface area contributed by atoms with Crippen LogP contribution in [0.5, 0.6) is 0 Å². The van der Waals surface area contributed by atoms with Crippen LogP contribution >= 0.6 is 0 Å². The van der Waals surface area contributed by atoms with E-state index in [1.165, 1.54) is 22.3 Å². The molecule has 1 heterocycles. The third kappa shape index (κ3) is 4.04. The Morgan fingerprint density at radius 2 is 1.58 bits per heavy atom. The van der Waals surface area contributed by atoms with Gasteiger partial charge < -0.3 is 15.5 Å². The van der Waals surface area contributed by atoms with Crippen molar-refractivity contribution in [2.45, 2.75) is 19.3 Å². The third-order valence-electron chi connectivity index (χ3n) is 6.17. The molecule has 2 N–H and O–H groups in total. The molecule has 0 saturated carbocycles. The summed E-state index contributed by atoms with van der Waals surface area (Å²) in [4.78, 5) is 27.3. The van der Waals surface area contributed by atoms with Gasteiger partial charge >= 0.3 is 6.03 Å². The lowest BCUT2D eigenvalue weighted by Crippen LogP contribution is -2.45. The summed E-state index contributed by atoms with van der Waals surface area (Å²) in [5.41, 5.74) is 6.63. The number of nitrogens with zero attached hydrogens (tertiary/aromatic N) is 1. The molecule has 1 aliphatic carbocycles. The Hall–Kier alpha value is -3.60. The highest BCUT2D eigenvalue weighted by molar-refractivity contribution is 5.95. The number of hydrogen-bond donors (Lipinski definition) is 2. The van der Waals surface area contributed by atoms with Crippen molar-refractivity contribution in [3.8, 4) is 11.1 Å². The number of hydrogen-bond acceptors (Lipinski definition) is 2. The zero-order valence-electron chi connectivity index (χ0n) is 17.3. The number of likely N-dealkylation sites (tertiary alicyclic amines) is 1. The van der Waals surface area contributed by atoms with Gasteiger partial charge in [0.2, 0.25) is 5.91 Å². The Bertz CT molecular complexity index is 1130. The number of piperidine rings is 1. The van der Waals surface area contributed by atoms with Crippen molar-refractivity contribution in [1.82, 2.24) is 4.90 Å². The van der Waals surface area contributed by atoms with Crippen LogP contribution in [-0.2, 0) is 11.2 Å². The average molecular weight is 412 g/mol. The van der Waals surface area contributed by atoms with E-state index in [1.54, 1.807) is 4.90 Å². The van der Waals surface area contributed by atoms with Gasteiger partial charge in [0.15, 0.2) is 0 Å². The number of anilines is 2. The van der Waals surface area contributed by atoms with Crippen LogP contribution in [0.15, 0.2) is 72.8 Å². The van der Waals surface area contributed by atoms with Crippen LogP contribution in [0.3, 0.4) is 0 Å². The first-order chi connectivity index (χ1) is 15.2. The van der Waals surface area contributed by atoms with Gasteiger partial charge in [0.05, 0.1) is 5.92 Å². The van der Waals surface area contributed by atoms with Crippen LogP contribution in [-0.4, -0.2) is 29.9 Å². The van der Waals surface area contributed by atoms with Gasteiger partial charge in [-0.25, -0.2) is 4.79 Å². The highest BCUT2D eigenvalue weighted by atomic mass is 16.2. The first kappa shape index (κ1) is 19.4. The Morgan fingerprint density at radius 1 is 0.806 bits per heavy atom. The number of benzene rings is 3. The maximum atomic E-state index is 13.0. The number of amides is 3. The standard InChI is InChI=1S/C26H25N3O2/c30-25(20-8-6-14-29(17-20)26(31)28-21-9-2-1-3-10-21)27-22-13-12-19-15-18-7-4-5-11-23(18)24(19)16-22/h1-5,7,9-13,16,20H,6,8,14-15,17H2,(H,27,30)(H,28,31)/t20-/m0/s1. The molecular formula is C26H25N3O2. The molecule has 0 radical (unpaired) electrons. The minimum Gasteiger partial charge on any atom is -0.326 e. The Morgan fingerprint density at radius 3 is 2.45 bits per heavy atom. The molecule has 5 rings (SSSR count). The van der Waals surface area contributed by atoms with Crippen LogP contribution in [0.25, 0.3) is 11.1 Å². The summed E-state index contributed by atoms with van der Waals surface area (Å²) in [5, 5.41) is 6.00. The number of para-hydroxylation sites is 1. The summed E-state index contributed by atoms with van der Waals surface area (Å²) in [5.74, 6) is -0.237. The molecule has 1 fully saturated rings. The Labute approximate surface area is 182 Å². The van der Waals surface area contributed by atoms with Crippen molar-refractivity contribution in [3.63, 3.8) is 0 Å². The van der Waals surface area contributed by atoms with Gasteiger partial charge in [0.1, 0.15) is 0 Å². The van der Waals surface area contributed by atoms with E-state index in [0.717, 1.165) is 30.6 Å². The van der Waals surface area contributed by atoms with E-state index in [-0.39, 0.29) is 17.9 Å². The van der Waals surface area contributed by atoms with E-state index in [9.17, 15) is 9.59 Å². The molecule has 3 aromatic carbocycles. The minimum absolute atomic E-state index is 0.0246. The van der Waals surface area contributed by atoms with Crippen LogP contribution < -0.4 is 10.6 Å². The second kappa shape index (κ2) is 8.26. The van der Waals surface area contributed by atoms with Gasteiger partial charge in [-0.2, -0.15) is 0 Å². The molecule has 5 nitrogen and oxygen atoms in total. The molecule has 156 valence electrons. The summed E-state index contributed by atoms with van der Waals surface area (Å²) in [7, 11) is 0. The van der Waals surface area contributed by atoms with Crippen LogP contribution in [0.4, 0.5) is 16.2 Å². The maximum absolute atomic E-state index is 13.0. The predicted molar refractivity (Wildman–Crippen MR) is 123 cm³/mol. The lowest BCUT2D eigenvalue weighted by molar-refractivity contribution is -0.121. The first-order valence-electron chi connectivity index (χ1n) is 10.8. The van der Waals surface area contributed by atoms with Gasteiger partial charge in [0, 0.05) is 24.5 Å². The third-order valence-corrected chi connectivity index (χ3v) is 6.17. The number of carbonyl (C=O) groups excluding carboxylic acids is 2. The maximum Gasteiger partial charge on any atom is 0.321 e. The largest absolute Gasteiger partial charge is 0.326 e. The van der Waals surface area contributed by atoms with Crippen molar-refractivity contribution in [3.05, 3.63) is 83.9 Å². The van der Waals surface area contributed by atoms with E-state index >= 15 is 0 Å². The molecule has 3 amide bonds. The highest BCUT2D eigenvalue weighted by Gasteiger charge is 2.29. The zero-order chi connectivity index (χ0) is 21.2. The SMILES string of the molecule is O=C(Nc1ccc2c(c1)-c1ccccc1C2)[C@H]1CCCN(C(=O)Nc2ccccc2)C1. The van der Waals surface area contributed by atoms with Crippen molar-refractivity contribution < 1.29 is 9.59 Å². The quantitative estimate of drug-likeness (QED) is 0.490. The fourth-order valence-corrected chi connectivity index (χ4v) is 4.55. The van der Waals surface area contributed by atoms with Gasteiger partial charge in [-0.3, -0.25) is 4.79 Å². The fourth-order valence-electron chi connectivity index (χ4n) is 4.55. The second-order valence-electron chi connectivity index (χ2n) is 8.28. The van der Waals surface area contributed by atoms with E-state index in [2.05, 4.69) is 47.0 Å². The number of nitrogens with one attached hydrogen (secondary N) is 2. The summed E-state index contributed by atoms with van der Waals surface area (Å²) in [6, 6.07) is 23.8. The predicted octanol–water partition coefficient (Wildman–Crippen LogP) is 5.14. The first-order valence-corrected chi connectivity index (χ1v) is 10.8. The molecule has 1 atom stereocenters. The van der Waals surface area contributed by atoms with Crippen molar-refractivity contribution in [2.24, 2.45) is 5.92 Å². The van der Waals surface area contributed by atoms with E-state index in [4.69, 9.17) is 0 Å². The van der Waals surface area contributed by atoms with Gasteiger partial charge in [-0.1, -0.05) is 48.5 Å². The Balaban J connectivity index is 1.24. The van der Waals surface area contributed by atoms with Crippen molar-refractivity contribution in [2.75, 3.05) is 23.7 Å². The van der Waals surface area contributed by atoms with Crippen molar-refractivity contribution in [1.29, 1.82) is 0 Å². The minimum atomic E-state index is -0.212. The molecule has 1 aliphatic heterocycles. The molecule has 31 heavy (non-hydrogen) atoms. The van der Waals surface area contributed by atoms with E-state index in [0.29, 0.717) is 13.1 Å². The number of fused-ring (bicyclic) bond motifs is 3. The fraction of sp³-hybridized carbons (Fsp3) is 0.231. The molecule has 0 unspecified atom stereocenters. The highest BCUT2D eigenvalue weighted by Crippen LogP contribution is 2.38. The molecular weight excluding hydrogens is 386 g/mol. The van der Waals surface area contributed by atoms with Gasteiger partial charge in [0.25, 0.3) is 0 Å². The molecule has 5 heteroatoms. The molecule has 0 aromatic heterocycles. The number of carbonyl (C=O) groups is 2. The second-order valence-corrected chi connectivity index (χ2v) is 8.28. The van der Waals surface area contributed by atoms with Crippen LogP contribution in [0.2, 0.25) is 0 Å². The summed E-state index contributed by atoms with van der Waals surface area (Å²) in [6.45, 7) is 1.09. The van der Waals surface area contributed by atoms with Gasteiger partial charge in [-0.15, -0.1) is 0 Å². The van der Waals surface area contributed by atoms with Gasteiger partial charge in [-0.05, 0) is 65.8 Å². The molecule has 0 spiro atoms. The normalized spacial score (nSPS) is 16.9. The molecule has 1 saturated heterocycles. The summed E-state index contributed by atoms with van der Waals surface area (Å²) >= 11 is 0. The molecule has 2 aliphatic rings. The zero-order valence-corrected chi connectivity index (χ0v) is 17.3. The summed E-state index contributed by atoms with van der Waals surface area (Å²) in [6.07, 6.45) is 2.54. The van der Waals surface area contributed by atoms with Crippen LogP contribution in [0.1, 0.15) is 24.0 Å². The Kier molecular flexibility index (Phi) is 5.16. The smallest absolute Gasteiger partial charge is 0.321 e. The lowest BCUT2D eigenvalue weighted by Gasteiger charge is -2.32. The number of rotatable bonds is 3. The van der Waals surface area contributed by atoms with Crippen LogP contribution in [0, 0.1) is 5.92 Å². The summed E-state index contributed by atoms with van der Waals surface area (Å²) < 4.78 is 0. The van der Waals surface area contributed by atoms with Crippen molar-refractivity contribution >= 4 is 23.3 Å². The molecule has 3 aromatic rings. The molecule has 0 bridgehead atoms. The lowest BCUT2D eigenvalue weighted by atomic mass is 9.97.